The number of nitrogens with zero attached hydrogens (tertiary/aromatic N) is 2. The van der Waals surface area contributed by atoms with Crippen molar-refractivity contribution in [2.45, 2.75) is 32.8 Å². The number of aliphatic hydroxyl groups excluding tert-OH is 1. The number of hydrogen-bond acceptors (Lipinski definition) is 4. The van der Waals surface area contributed by atoms with E-state index < -0.39 is 0 Å². The highest BCUT2D eigenvalue weighted by Crippen LogP contribution is 2.08. The van der Waals surface area contributed by atoms with Crippen molar-refractivity contribution in [3.8, 4) is 0 Å². The highest BCUT2D eigenvalue weighted by atomic mass is 16.3. The Hall–Kier alpha value is -0.650. The van der Waals surface area contributed by atoms with Gasteiger partial charge in [-0.05, 0) is 19.4 Å². The standard InChI is InChI=1S/C7H15NO.C6H12N2O/c1-2-8-5-3-7(9)4-6-8;1-6(9)8-4-2-7-3-5-8/h7,9H,2-6H2,1H3;7H,2-5H2,1H3. The van der Waals surface area contributed by atoms with Crippen LogP contribution in [0.4, 0.5) is 0 Å². The number of likely N-dealkylation sites (tertiary alicyclic amines) is 1. The van der Waals surface area contributed by atoms with E-state index in [0.29, 0.717) is 0 Å². The summed E-state index contributed by atoms with van der Waals surface area (Å²) in [5.41, 5.74) is 0. The molecule has 2 saturated heterocycles. The van der Waals surface area contributed by atoms with E-state index in [4.69, 9.17) is 5.11 Å². The monoisotopic (exact) mass is 257 g/mol. The summed E-state index contributed by atoms with van der Waals surface area (Å²) >= 11 is 0. The van der Waals surface area contributed by atoms with Gasteiger partial charge in [-0.15, -0.1) is 0 Å². The van der Waals surface area contributed by atoms with E-state index in [0.717, 1.165) is 58.7 Å². The Morgan fingerprint density at radius 3 is 2.17 bits per heavy atom. The number of carbonyl (C=O) groups excluding carboxylic acids is 1. The predicted octanol–water partition coefficient (Wildman–Crippen LogP) is -0.0989. The molecule has 0 saturated carbocycles. The van der Waals surface area contributed by atoms with Gasteiger partial charge in [0, 0.05) is 46.2 Å². The Morgan fingerprint density at radius 2 is 1.78 bits per heavy atom. The topological polar surface area (TPSA) is 55.8 Å². The molecule has 2 rings (SSSR count). The molecule has 0 atom stereocenters. The molecule has 0 bridgehead atoms. The first-order valence-electron chi connectivity index (χ1n) is 7.00. The maximum absolute atomic E-state index is 10.7. The van der Waals surface area contributed by atoms with Crippen LogP contribution in [0.25, 0.3) is 0 Å². The number of nitrogens with one attached hydrogen (secondary N) is 1. The smallest absolute Gasteiger partial charge is 0.219 e. The average molecular weight is 257 g/mol. The summed E-state index contributed by atoms with van der Waals surface area (Å²) in [5, 5.41) is 12.3. The third kappa shape index (κ3) is 5.80. The molecule has 2 heterocycles. The van der Waals surface area contributed by atoms with E-state index >= 15 is 0 Å². The molecule has 5 heteroatoms. The zero-order valence-corrected chi connectivity index (χ0v) is 11.7. The largest absolute Gasteiger partial charge is 0.393 e. The highest BCUT2D eigenvalue weighted by Gasteiger charge is 2.14. The van der Waals surface area contributed by atoms with Crippen LogP contribution in [0.5, 0.6) is 0 Å². The van der Waals surface area contributed by atoms with Crippen LogP contribution in [-0.2, 0) is 4.79 Å². The van der Waals surface area contributed by atoms with E-state index in [1.165, 1.54) is 0 Å². The van der Waals surface area contributed by atoms with Crippen molar-refractivity contribution in [2.24, 2.45) is 0 Å². The highest BCUT2D eigenvalue weighted by molar-refractivity contribution is 5.73. The molecule has 2 fully saturated rings. The van der Waals surface area contributed by atoms with Crippen molar-refractivity contribution in [3.63, 3.8) is 0 Å². The van der Waals surface area contributed by atoms with Crippen molar-refractivity contribution >= 4 is 5.91 Å². The van der Waals surface area contributed by atoms with Gasteiger partial charge in [0.25, 0.3) is 0 Å². The molecule has 2 aliphatic heterocycles. The molecule has 0 aromatic heterocycles. The molecule has 1 amide bonds. The summed E-state index contributed by atoms with van der Waals surface area (Å²) in [6.45, 7) is 10.7. The lowest BCUT2D eigenvalue weighted by Crippen LogP contribution is -2.45. The van der Waals surface area contributed by atoms with Crippen LogP contribution in [-0.4, -0.2) is 72.7 Å². The minimum Gasteiger partial charge on any atom is -0.393 e. The van der Waals surface area contributed by atoms with Gasteiger partial charge in [-0.1, -0.05) is 6.92 Å². The number of carbonyl (C=O) groups is 1. The molecule has 0 aromatic rings. The summed E-state index contributed by atoms with van der Waals surface area (Å²) in [6, 6.07) is 0. The average Bonchev–Trinajstić information content (AvgIpc) is 2.41. The van der Waals surface area contributed by atoms with Crippen LogP contribution in [0.2, 0.25) is 0 Å². The molecular formula is C13H27N3O2. The predicted molar refractivity (Wildman–Crippen MR) is 72.5 cm³/mol. The first kappa shape index (κ1) is 15.4. The second kappa shape index (κ2) is 8.45. The number of piperazine rings is 1. The van der Waals surface area contributed by atoms with Gasteiger partial charge in [-0.3, -0.25) is 4.79 Å². The van der Waals surface area contributed by atoms with Gasteiger partial charge in [0.1, 0.15) is 0 Å². The lowest BCUT2D eigenvalue weighted by Gasteiger charge is -2.27. The molecule has 2 N–H and O–H groups in total. The summed E-state index contributed by atoms with van der Waals surface area (Å²) in [4.78, 5) is 14.9. The summed E-state index contributed by atoms with van der Waals surface area (Å²) in [7, 11) is 0. The van der Waals surface area contributed by atoms with E-state index in [2.05, 4.69) is 17.1 Å². The Bertz CT molecular complexity index is 234. The summed E-state index contributed by atoms with van der Waals surface area (Å²) in [6.07, 6.45) is 1.91. The third-order valence-corrected chi connectivity index (χ3v) is 3.57. The van der Waals surface area contributed by atoms with Gasteiger partial charge in [0.15, 0.2) is 0 Å². The normalized spacial score (nSPS) is 22.3. The Kier molecular flexibility index (Phi) is 7.23. The molecule has 106 valence electrons. The van der Waals surface area contributed by atoms with Gasteiger partial charge in [-0.2, -0.15) is 0 Å². The lowest BCUT2D eigenvalue weighted by molar-refractivity contribution is -0.129. The third-order valence-electron chi connectivity index (χ3n) is 3.57. The van der Waals surface area contributed by atoms with Crippen molar-refractivity contribution in [1.82, 2.24) is 15.1 Å². The fourth-order valence-corrected chi connectivity index (χ4v) is 2.22. The maximum atomic E-state index is 10.7. The number of hydrogen-bond donors (Lipinski definition) is 2. The number of aliphatic hydroxyl groups is 1. The summed E-state index contributed by atoms with van der Waals surface area (Å²) in [5.74, 6) is 0.191. The van der Waals surface area contributed by atoms with E-state index in [9.17, 15) is 4.79 Å². The van der Waals surface area contributed by atoms with Crippen LogP contribution in [0.15, 0.2) is 0 Å². The molecule has 0 radical (unpaired) electrons. The zero-order chi connectivity index (χ0) is 13.4. The first-order valence-corrected chi connectivity index (χ1v) is 7.00. The van der Waals surface area contributed by atoms with Crippen molar-refractivity contribution in [1.29, 1.82) is 0 Å². The maximum Gasteiger partial charge on any atom is 0.219 e. The van der Waals surface area contributed by atoms with Crippen LogP contribution in [0, 0.1) is 0 Å². The second-order valence-electron chi connectivity index (χ2n) is 4.92. The van der Waals surface area contributed by atoms with Crippen LogP contribution < -0.4 is 5.32 Å². The van der Waals surface area contributed by atoms with Crippen molar-refractivity contribution < 1.29 is 9.90 Å². The van der Waals surface area contributed by atoms with Crippen LogP contribution in [0.3, 0.4) is 0 Å². The van der Waals surface area contributed by atoms with Gasteiger partial charge >= 0.3 is 0 Å². The zero-order valence-electron chi connectivity index (χ0n) is 11.7. The van der Waals surface area contributed by atoms with Gasteiger partial charge in [-0.25, -0.2) is 0 Å². The lowest BCUT2D eigenvalue weighted by atomic mass is 10.1. The molecule has 0 unspecified atom stereocenters. The molecule has 18 heavy (non-hydrogen) atoms. The Balaban J connectivity index is 0.000000180. The van der Waals surface area contributed by atoms with Gasteiger partial charge in [0.2, 0.25) is 5.91 Å². The SMILES string of the molecule is CC(=O)N1CCNCC1.CCN1CCC(O)CC1. The molecule has 0 spiro atoms. The quantitative estimate of drug-likeness (QED) is 0.689. The number of amides is 1. The molecule has 2 aliphatic rings. The minimum absolute atomic E-state index is 0.0206. The van der Waals surface area contributed by atoms with Crippen LogP contribution in [0.1, 0.15) is 26.7 Å². The minimum atomic E-state index is -0.0206. The molecule has 0 aromatic carbocycles. The van der Waals surface area contributed by atoms with Gasteiger partial charge < -0.3 is 20.2 Å². The van der Waals surface area contributed by atoms with Crippen molar-refractivity contribution in [3.05, 3.63) is 0 Å². The molecule has 5 nitrogen and oxygen atoms in total. The number of rotatable bonds is 1. The molecule has 0 aliphatic carbocycles. The first-order chi connectivity index (χ1) is 8.63. The number of piperidine rings is 1. The fraction of sp³-hybridized carbons (Fsp3) is 0.923. The van der Waals surface area contributed by atoms with Crippen LogP contribution >= 0.6 is 0 Å². The van der Waals surface area contributed by atoms with E-state index in [1.807, 2.05) is 4.90 Å². The fourth-order valence-electron chi connectivity index (χ4n) is 2.22. The van der Waals surface area contributed by atoms with E-state index in [-0.39, 0.29) is 12.0 Å². The summed E-state index contributed by atoms with van der Waals surface area (Å²) < 4.78 is 0. The van der Waals surface area contributed by atoms with Crippen molar-refractivity contribution in [2.75, 3.05) is 45.8 Å². The Labute approximate surface area is 110 Å². The van der Waals surface area contributed by atoms with Gasteiger partial charge in [0.05, 0.1) is 6.10 Å². The molecular weight excluding hydrogens is 230 g/mol. The van der Waals surface area contributed by atoms with E-state index in [1.54, 1.807) is 6.92 Å². The second-order valence-corrected chi connectivity index (χ2v) is 4.92. The Morgan fingerprint density at radius 1 is 1.22 bits per heavy atom.